The number of rotatable bonds is 8. The predicted molar refractivity (Wildman–Crippen MR) is 115 cm³/mol. The second-order valence-corrected chi connectivity index (χ2v) is 8.26. The Balaban J connectivity index is 2.44. The van der Waals surface area contributed by atoms with E-state index in [-0.39, 0.29) is 5.41 Å². The molecule has 0 N–H and O–H groups in total. The highest BCUT2D eigenvalue weighted by molar-refractivity contribution is 7.53. The zero-order valence-corrected chi connectivity index (χ0v) is 17.3. The number of benzene rings is 2. The van der Waals surface area contributed by atoms with Gasteiger partial charge in [-0.05, 0) is 35.3 Å². The van der Waals surface area contributed by atoms with E-state index in [1.807, 2.05) is 48.5 Å². The summed E-state index contributed by atoms with van der Waals surface area (Å²) in [4.78, 5) is 0. The largest absolute Gasteiger partial charge is 0.493 e. The van der Waals surface area contributed by atoms with Crippen LogP contribution < -0.4 is 13.8 Å². The van der Waals surface area contributed by atoms with Crippen LogP contribution in [0.15, 0.2) is 85.2 Å². The van der Waals surface area contributed by atoms with E-state index in [9.17, 15) is 0 Å². The van der Waals surface area contributed by atoms with Gasteiger partial charge in [-0.1, -0.05) is 76.4 Å². The van der Waals surface area contributed by atoms with Gasteiger partial charge in [0.15, 0.2) is 11.5 Å². The Hall–Kier alpha value is -2.51. The summed E-state index contributed by atoms with van der Waals surface area (Å²) >= 11 is 0. The molecule has 27 heavy (non-hydrogen) atoms. The van der Waals surface area contributed by atoms with Crippen LogP contribution in [0.4, 0.5) is 0 Å². The SMILES string of the molecule is C=C/C=C(\C=C)P(Oc1ccccc1OC)Oc1ccccc1C(C)(C)C. The molecule has 0 aromatic heterocycles. The van der Waals surface area contributed by atoms with Crippen LogP contribution in [0.25, 0.3) is 0 Å². The highest BCUT2D eigenvalue weighted by atomic mass is 31.2. The molecule has 0 aliphatic rings. The lowest BCUT2D eigenvalue weighted by atomic mass is 9.86. The summed E-state index contributed by atoms with van der Waals surface area (Å²) in [7, 11) is 0.143. The van der Waals surface area contributed by atoms with Crippen molar-refractivity contribution >= 4 is 8.38 Å². The molecule has 0 saturated heterocycles. The van der Waals surface area contributed by atoms with Crippen molar-refractivity contribution < 1.29 is 13.8 Å². The molecule has 0 aliphatic heterocycles. The Morgan fingerprint density at radius 1 is 0.889 bits per heavy atom. The zero-order valence-electron chi connectivity index (χ0n) is 16.4. The normalized spacial score (nSPS) is 12.8. The number of methoxy groups -OCH3 is 1. The molecule has 0 fully saturated rings. The molecule has 0 heterocycles. The molecule has 0 aliphatic carbocycles. The van der Waals surface area contributed by atoms with E-state index in [0.717, 1.165) is 16.6 Å². The molecule has 0 amide bonds. The Kier molecular flexibility index (Phi) is 7.27. The van der Waals surface area contributed by atoms with E-state index in [1.54, 1.807) is 19.3 Å². The van der Waals surface area contributed by atoms with Gasteiger partial charge in [0.2, 0.25) is 0 Å². The highest BCUT2D eigenvalue weighted by Gasteiger charge is 2.25. The van der Waals surface area contributed by atoms with E-state index in [0.29, 0.717) is 11.5 Å². The van der Waals surface area contributed by atoms with Crippen LogP contribution in [-0.4, -0.2) is 7.11 Å². The van der Waals surface area contributed by atoms with Gasteiger partial charge in [-0.2, -0.15) is 0 Å². The van der Waals surface area contributed by atoms with Gasteiger partial charge < -0.3 is 13.8 Å². The van der Waals surface area contributed by atoms with E-state index < -0.39 is 8.38 Å². The Morgan fingerprint density at radius 2 is 1.44 bits per heavy atom. The number of para-hydroxylation sites is 3. The molecule has 142 valence electrons. The van der Waals surface area contributed by atoms with Crippen LogP contribution in [0.1, 0.15) is 26.3 Å². The van der Waals surface area contributed by atoms with Gasteiger partial charge in [0.1, 0.15) is 5.75 Å². The van der Waals surface area contributed by atoms with Crippen molar-refractivity contribution in [3.63, 3.8) is 0 Å². The monoisotopic (exact) mass is 382 g/mol. The van der Waals surface area contributed by atoms with Crippen LogP contribution in [0.2, 0.25) is 0 Å². The molecule has 0 spiro atoms. The standard InChI is InChI=1S/C23H27O3P/c1-7-13-18(8-2)27(26-22-17-12-11-16-21(22)24-6)25-20-15-10-9-14-19(20)23(3,4)5/h7-17H,1-2H2,3-6H3/b18-13+. The molecule has 1 atom stereocenters. The minimum atomic E-state index is -1.48. The van der Waals surface area contributed by atoms with E-state index in [4.69, 9.17) is 13.8 Å². The zero-order chi connectivity index (χ0) is 19.9. The van der Waals surface area contributed by atoms with Crippen LogP contribution in [0.5, 0.6) is 17.2 Å². The Labute approximate surface area is 163 Å². The van der Waals surface area contributed by atoms with Crippen LogP contribution in [-0.2, 0) is 5.41 Å². The molecule has 0 radical (unpaired) electrons. The lowest BCUT2D eigenvalue weighted by Gasteiger charge is -2.26. The minimum absolute atomic E-state index is 0.0570. The first-order valence-corrected chi connectivity index (χ1v) is 9.92. The Morgan fingerprint density at radius 3 is 2.00 bits per heavy atom. The van der Waals surface area contributed by atoms with E-state index >= 15 is 0 Å². The summed E-state index contributed by atoms with van der Waals surface area (Å²) in [5.41, 5.74) is 1.06. The molecular formula is C23H27O3P. The quantitative estimate of drug-likeness (QED) is 0.363. The fourth-order valence-electron chi connectivity index (χ4n) is 2.49. The molecule has 2 rings (SSSR count). The topological polar surface area (TPSA) is 27.7 Å². The second kappa shape index (κ2) is 9.43. The van der Waals surface area contributed by atoms with Gasteiger partial charge in [-0.15, -0.1) is 0 Å². The summed E-state index contributed by atoms with van der Waals surface area (Å²) in [5.74, 6) is 2.07. The van der Waals surface area contributed by atoms with Crippen molar-refractivity contribution in [2.24, 2.45) is 0 Å². The summed E-state index contributed by atoms with van der Waals surface area (Å²) in [6.07, 6.45) is 5.30. The summed E-state index contributed by atoms with van der Waals surface area (Å²) in [6, 6.07) is 15.6. The second-order valence-electron chi connectivity index (χ2n) is 6.87. The number of hydrogen-bond donors (Lipinski definition) is 0. The molecule has 0 saturated carbocycles. The average molecular weight is 382 g/mol. The summed E-state index contributed by atoms with van der Waals surface area (Å²) in [5, 5.41) is 0.828. The fraction of sp³-hybridized carbons (Fsp3) is 0.217. The van der Waals surface area contributed by atoms with Gasteiger partial charge in [0.25, 0.3) is 0 Å². The molecule has 3 nitrogen and oxygen atoms in total. The van der Waals surface area contributed by atoms with Gasteiger partial charge >= 0.3 is 8.38 Å². The van der Waals surface area contributed by atoms with Crippen molar-refractivity contribution in [1.82, 2.24) is 0 Å². The first kappa shape index (κ1) is 20.8. The number of ether oxygens (including phenoxy) is 1. The van der Waals surface area contributed by atoms with Crippen molar-refractivity contribution in [2.45, 2.75) is 26.2 Å². The predicted octanol–water partition coefficient (Wildman–Crippen LogP) is 7.02. The maximum Gasteiger partial charge on any atom is 0.326 e. The maximum atomic E-state index is 6.38. The lowest BCUT2D eigenvalue weighted by Crippen LogP contribution is -2.13. The summed E-state index contributed by atoms with van der Waals surface area (Å²) < 4.78 is 18.0. The van der Waals surface area contributed by atoms with Crippen LogP contribution >= 0.6 is 8.38 Å². The third kappa shape index (κ3) is 5.48. The fourth-order valence-corrected chi connectivity index (χ4v) is 3.78. The minimum Gasteiger partial charge on any atom is -0.493 e. The first-order chi connectivity index (χ1) is 12.9. The molecule has 0 bridgehead atoms. The van der Waals surface area contributed by atoms with Crippen molar-refractivity contribution in [3.8, 4) is 17.2 Å². The summed E-state index contributed by atoms with van der Waals surface area (Å²) in [6.45, 7) is 14.2. The van der Waals surface area contributed by atoms with Gasteiger partial charge in [0.05, 0.1) is 12.4 Å². The number of allylic oxidation sites excluding steroid dienone is 4. The molecule has 2 aromatic carbocycles. The third-order valence-corrected chi connectivity index (χ3v) is 5.31. The molecule has 2 aromatic rings. The van der Waals surface area contributed by atoms with Crippen molar-refractivity contribution in [1.29, 1.82) is 0 Å². The lowest BCUT2D eigenvalue weighted by molar-refractivity contribution is 0.390. The van der Waals surface area contributed by atoms with Crippen LogP contribution in [0.3, 0.4) is 0 Å². The van der Waals surface area contributed by atoms with Gasteiger partial charge in [0, 0.05) is 0 Å². The Bertz CT molecular complexity index is 818. The molecule has 1 unspecified atom stereocenters. The number of hydrogen-bond acceptors (Lipinski definition) is 3. The van der Waals surface area contributed by atoms with Gasteiger partial charge in [-0.25, -0.2) is 0 Å². The molecule has 4 heteroatoms. The van der Waals surface area contributed by atoms with Gasteiger partial charge in [-0.3, -0.25) is 0 Å². The highest BCUT2D eigenvalue weighted by Crippen LogP contribution is 2.51. The van der Waals surface area contributed by atoms with Crippen molar-refractivity contribution in [3.05, 3.63) is 90.8 Å². The van der Waals surface area contributed by atoms with E-state index in [1.165, 1.54) is 0 Å². The smallest absolute Gasteiger partial charge is 0.326 e. The molecular weight excluding hydrogens is 355 g/mol. The van der Waals surface area contributed by atoms with E-state index in [2.05, 4.69) is 40.0 Å². The third-order valence-electron chi connectivity index (χ3n) is 3.84. The first-order valence-electron chi connectivity index (χ1n) is 8.74. The van der Waals surface area contributed by atoms with Crippen molar-refractivity contribution in [2.75, 3.05) is 7.11 Å². The van der Waals surface area contributed by atoms with Crippen LogP contribution in [0, 0.1) is 0 Å². The maximum absolute atomic E-state index is 6.38. The average Bonchev–Trinajstić information content (AvgIpc) is 2.65.